The van der Waals surface area contributed by atoms with Crippen LogP contribution in [-0.2, 0) is 20.9 Å². The third-order valence-electron chi connectivity index (χ3n) is 3.27. The van der Waals surface area contributed by atoms with Crippen LogP contribution in [0.25, 0.3) is 0 Å². The number of carbonyl (C=O) groups is 2. The highest BCUT2D eigenvalue weighted by molar-refractivity contribution is 5.80. The number of rotatable bonds is 5. The third kappa shape index (κ3) is 4.17. The van der Waals surface area contributed by atoms with Crippen molar-refractivity contribution in [3.63, 3.8) is 0 Å². The summed E-state index contributed by atoms with van der Waals surface area (Å²) in [6, 6.07) is 7.79. The number of carboxylic acid groups (broad SMARTS) is 1. The first-order chi connectivity index (χ1) is 10.1. The molecule has 1 aromatic rings. The van der Waals surface area contributed by atoms with Crippen molar-refractivity contribution in [3.05, 3.63) is 35.9 Å². The molecule has 0 bridgehead atoms. The van der Waals surface area contributed by atoms with E-state index in [2.05, 4.69) is 5.32 Å². The minimum Gasteiger partial charge on any atom is -0.480 e. The molecule has 2 rings (SSSR count). The van der Waals surface area contributed by atoms with Gasteiger partial charge in [0.15, 0.2) is 0 Å². The van der Waals surface area contributed by atoms with Crippen LogP contribution in [0.5, 0.6) is 0 Å². The van der Waals surface area contributed by atoms with Crippen molar-refractivity contribution >= 4 is 12.1 Å². The Labute approximate surface area is 121 Å². The Morgan fingerprint density at radius 1 is 1.33 bits per heavy atom. The Kier molecular flexibility index (Phi) is 5.13. The quantitative estimate of drug-likeness (QED) is 0.725. The highest BCUT2D eigenvalue weighted by Gasteiger charge is 2.39. The molecule has 0 spiro atoms. The second kappa shape index (κ2) is 7.05. The van der Waals surface area contributed by atoms with Crippen molar-refractivity contribution in [3.8, 4) is 0 Å². The second-order valence-electron chi connectivity index (χ2n) is 4.79. The Bertz CT molecular complexity index is 491. The number of carbonyl (C=O) groups excluding carboxylic acids is 1. The Morgan fingerprint density at radius 2 is 2.05 bits per heavy atom. The van der Waals surface area contributed by atoms with Crippen molar-refractivity contribution in [2.24, 2.45) is 5.92 Å². The maximum absolute atomic E-state index is 11.7. The fraction of sp³-hybridized carbons (Fsp3) is 0.429. The van der Waals surface area contributed by atoms with Crippen molar-refractivity contribution in [2.45, 2.75) is 18.8 Å². The average Bonchev–Trinajstić information content (AvgIpc) is 2.89. The van der Waals surface area contributed by atoms with Gasteiger partial charge in [0.1, 0.15) is 12.6 Å². The molecule has 3 unspecified atom stereocenters. The molecular weight excluding hydrogens is 278 g/mol. The van der Waals surface area contributed by atoms with Gasteiger partial charge in [-0.2, -0.15) is 0 Å². The van der Waals surface area contributed by atoms with E-state index in [0.717, 1.165) is 5.56 Å². The van der Waals surface area contributed by atoms with E-state index in [4.69, 9.17) is 14.6 Å². The van der Waals surface area contributed by atoms with E-state index in [-0.39, 0.29) is 19.8 Å². The van der Waals surface area contributed by atoms with Crippen LogP contribution in [0.2, 0.25) is 0 Å². The van der Waals surface area contributed by atoms with Gasteiger partial charge in [-0.1, -0.05) is 30.3 Å². The van der Waals surface area contributed by atoms with Gasteiger partial charge in [-0.15, -0.1) is 0 Å². The predicted molar refractivity (Wildman–Crippen MR) is 71.5 cm³/mol. The summed E-state index contributed by atoms with van der Waals surface area (Å²) >= 11 is 0. The van der Waals surface area contributed by atoms with E-state index in [9.17, 15) is 14.7 Å². The number of aliphatic hydroxyl groups excluding tert-OH is 1. The van der Waals surface area contributed by atoms with Crippen LogP contribution in [0.4, 0.5) is 4.79 Å². The van der Waals surface area contributed by atoms with Gasteiger partial charge in [-0.05, 0) is 5.56 Å². The van der Waals surface area contributed by atoms with Gasteiger partial charge in [0.25, 0.3) is 0 Å². The number of ether oxygens (including phenoxy) is 2. The molecule has 0 aromatic heterocycles. The first kappa shape index (κ1) is 15.3. The van der Waals surface area contributed by atoms with E-state index in [1.165, 1.54) is 0 Å². The van der Waals surface area contributed by atoms with E-state index in [0.29, 0.717) is 0 Å². The lowest BCUT2D eigenvalue weighted by molar-refractivity contribution is -0.141. The van der Waals surface area contributed by atoms with Gasteiger partial charge < -0.3 is 25.0 Å². The summed E-state index contributed by atoms with van der Waals surface area (Å²) in [7, 11) is 0. The highest BCUT2D eigenvalue weighted by atomic mass is 16.5. The zero-order valence-electron chi connectivity index (χ0n) is 11.3. The Morgan fingerprint density at radius 3 is 2.62 bits per heavy atom. The number of nitrogens with one attached hydrogen (secondary N) is 1. The smallest absolute Gasteiger partial charge is 0.408 e. The molecule has 3 atom stereocenters. The highest BCUT2D eigenvalue weighted by Crippen LogP contribution is 2.18. The molecule has 3 N–H and O–H groups in total. The summed E-state index contributed by atoms with van der Waals surface area (Å²) in [6.45, 7) is 0.190. The lowest BCUT2D eigenvalue weighted by atomic mass is 9.97. The number of aliphatic carboxylic acids is 1. The maximum atomic E-state index is 11.7. The number of carboxylic acids is 1. The topological polar surface area (TPSA) is 105 Å². The number of aliphatic hydroxyl groups is 1. The summed E-state index contributed by atoms with van der Waals surface area (Å²) in [4.78, 5) is 22.9. The molecule has 1 saturated heterocycles. The summed E-state index contributed by atoms with van der Waals surface area (Å²) in [5, 5.41) is 21.1. The predicted octanol–water partition coefficient (Wildman–Crippen LogP) is 0.373. The van der Waals surface area contributed by atoms with Gasteiger partial charge in [-0.25, -0.2) is 9.59 Å². The average molecular weight is 295 g/mol. The largest absolute Gasteiger partial charge is 0.480 e. The van der Waals surface area contributed by atoms with Crippen LogP contribution < -0.4 is 5.32 Å². The third-order valence-corrected chi connectivity index (χ3v) is 3.27. The van der Waals surface area contributed by atoms with E-state index < -0.39 is 30.1 Å². The molecule has 0 aliphatic carbocycles. The van der Waals surface area contributed by atoms with Gasteiger partial charge in [0, 0.05) is 5.92 Å². The number of hydrogen-bond acceptors (Lipinski definition) is 5. The maximum Gasteiger partial charge on any atom is 0.408 e. The molecule has 1 aromatic carbocycles. The van der Waals surface area contributed by atoms with Crippen molar-refractivity contribution < 1.29 is 29.3 Å². The molecule has 1 fully saturated rings. The van der Waals surface area contributed by atoms with Gasteiger partial charge in [-0.3, -0.25) is 0 Å². The van der Waals surface area contributed by atoms with Crippen molar-refractivity contribution in [2.75, 3.05) is 13.2 Å². The molecule has 21 heavy (non-hydrogen) atoms. The van der Waals surface area contributed by atoms with E-state index in [1.807, 2.05) is 18.2 Å². The molecule has 1 aliphatic rings. The van der Waals surface area contributed by atoms with Crippen LogP contribution in [0.3, 0.4) is 0 Å². The second-order valence-corrected chi connectivity index (χ2v) is 4.79. The summed E-state index contributed by atoms with van der Waals surface area (Å²) in [5.41, 5.74) is 0.795. The van der Waals surface area contributed by atoms with Crippen LogP contribution in [0.1, 0.15) is 5.56 Å². The SMILES string of the molecule is O=C(NC(C(=O)O)C1COCC1O)OCc1ccccc1. The molecule has 7 nitrogen and oxygen atoms in total. The molecule has 1 heterocycles. The summed E-state index contributed by atoms with van der Waals surface area (Å²) in [6.07, 6.45) is -1.76. The normalized spacial score (nSPS) is 22.5. The van der Waals surface area contributed by atoms with Crippen LogP contribution >= 0.6 is 0 Å². The van der Waals surface area contributed by atoms with Crippen molar-refractivity contribution in [1.29, 1.82) is 0 Å². The fourth-order valence-electron chi connectivity index (χ4n) is 2.12. The molecule has 0 radical (unpaired) electrons. The minimum atomic E-state index is -1.24. The number of amides is 1. The van der Waals surface area contributed by atoms with E-state index in [1.54, 1.807) is 12.1 Å². The standard InChI is InChI=1S/C14H17NO6/c16-11-8-20-7-10(11)12(13(17)18)15-14(19)21-6-9-4-2-1-3-5-9/h1-5,10-12,16H,6-8H2,(H,15,19)(H,17,18). The van der Waals surface area contributed by atoms with Gasteiger partial charge in [0.05, 0.1) is 19.3 Å². The zero-order chi connectivity index (χ0) is 15.2. The Balaban J connectivity index is 1.88. The molecule has 0 saturated carbocycles. The number of hydrogen-bond donors (Lipinski definition) is 3. The monoisotopic (exact) mass is 295 g/mol. The molecule has 114 valence electrons. The number of benzene rings is 1. The van der Waals surface area contributed by atoms with Crippen LogP contribution in [-0.4, -0.2) is 47.6 Å². The molecule has 7 heteroatoms. The first-order valence-electron chi connectivity index (χ1n) is 6.53. The van der Waals surface area contributed by atoms with E-state index >= 15 is 0 Å². The minimum absolute atomic E-state index is 0.0444. The van der Waals surface area contributed by atoms with Crippen molar-refractivity contribution in [1.82, 2.24) is 5.32 Å². The van der Waals surface area contributed by atoms with Crippen LogP contribution in [0, 0.1) is 5.92 Å². The molecule has 1 amide bonds. The lowest BCUT2D eigenvalue weighted by Crippen LogP contribution is -2.49. The first-order valence-corrected chi connectivity index (χ1v) is 6.53. The number of alkyl carbamates (subject to hydrolysis) is 1. The Hall–Kier alpha value is -2.12. The summed E-state index contributed by atoms with van der Waals surface area (Å²) < 4.78 is 9.97. The fourth-order valence-corrected chi connectivity index (χ4v) is 2.12. The zero-order valence-corrected chi connectivity index (χ0v) is 11.3. The lowest BCUT2D eigenvalue weighted by Gasteiger charge is -2.21. The molecule has 1 aliphatic heterocycles. The van der Waals surface area contributed by atoms with Gasteiger partial charge >= 0.3 is 12.1 Å². The summed E-state index contributed by atoms with van der Waals surface area (Å²) in [5.74, 6) is -1.92. The van der Waals surface area contributed by atoms with Crippen LogP contribution in [0.15, 0.2) is 30.3 Å². The molecular formula is C14H17NO6. The van der Waals surface area contributed by atoms with Gasteiger partial charge in [0.2, 0.25) is 0 Å².